The Morgan fingerprint density at radius 1 is 1.50 bits per heavy atom. The molecule has 2 N–H and O–H groups in total. The van der Waals surface area contributed by atoms with E-state index in [0.717, 1.165) is 5.56 Å². The molecule has 0 aliphatic rings. The number of hydrogen-bond donors (Lipinski definition) is 1. The second-order valence-electron chi connectivity index (χ2n) is 3.14. The Labute approximate surface area is 83.9 Å². The topological polar surface area (TPSA) is 52.3 Å². The fraction of sp³-hybridized carbons (Fsp3) is 0.364. The third-order valence-corrected chi connectivity index (χ3v) is 1.90. The normalized spacial score (nSPS) is 9.86. The van der Waals surface area contributed by atoms with Gasteiger partial charge in [-0.15, -0.1) is 0 Å². The second kappa shape index (κ2) is 4.65. The Morgan fingerprint density at radius 2 is 2.21 bits per heavy atom. The molecular formula is C11H15NO2. The highest BCUT2D eigenvalue weighted by molar-refractivity contribution is 5.80. The number of ether oxygens (including phenoxy) is 1. The fourth-order valence-electron chi connectivity index (χ4n) is 1.29. The number of para-hydroxylation sites is 1. The van der Waals surface area contributed by atoms with Crippen molar-refractivity contribution in [3.05, 3.63) is 23.8 Å². The molecule has 0 aliphatic carbocycles. The summed E-state index contributed by atoms with van der Waals surface area (Å²) in [6, 6.07) is 5.50. The van der Waals surface area contributed by atoms with Crippen LogP contribution < -0.4 is 10.5 Å². The monoisotopic (exact) mass is 193 g/mol. The molecular weight excluding hydrogens is 178 g/mol. The lowest BCUT2D eigenvalue weighted by Gasteiger charge is -2.09. The van der Waals surface area contributed by atoms with Crippen LogP contribution in [0.3, 0.4) is 0 Å². The standard InChI is InChI=1S/C11H15NO2/c1-3-14-10-6-4-5-9(11(10)12)7-8(2)13/h4-6H,3,7,12H2,1-2H3. The van der Waals surface area contributed by atoms with Gasteiger partial charge in [0.2, 0.25) is 0 Å². The Morgan fingerprint density at radius 3 is 2.79 bits per heavy atom. The summed E-state index contributed by atoms with van der Waals surface area (Å²) in [6.07, 6.45) is 0.368. The zero-order valence-corrected chi connectivity index (χ0v) is 8.54. The number of anilines is 1. The van der Waals surface area contributed by atoms with Gasteiger partial charge in [-0.3, -0.25) is 4.79 Å². The molecule has 0 spiro atoms. The summed E-state index contributed by atoms with van der Waals surface area (Å²) in [4.78, 5) is 10.9. The lowest BCUT2D eigenvalue weighted by molar-refractivity contribution is -0.116. The number of rotatable bonds is 4. The minimum Gasteiger partial charge on any atom is -0.492 e. The van der Waals surface area contributed by atoms with E-state index in [2.05, 4.69) is 0 Å². The maximum atomic E-state index is 10.9. The summed E-state index contributed by atoms with van der Waals surface area (Å²) in [5, 5.41) is 0. The van der Waals surface area contributed by atoms with Crippen LogP contribution in [0.1, 0.15) is 19.4 Å². The van der Waals surface area contributed by atoms with E-state index in [-0.39, 0.29) is 5.78 Å². The molecule has 0 aliphatic heterocycles. The number of Topliss-reactive ketones (excluding diaryl/α,β-unsaturated/α-hetero) is 1. The molecule has 0 saturated heterocycles. The number of carbonyl (C=O) groups excluding carboxylic acids is 1. The van der Waals surface area contributed by atoms with E-state index in [0.29, 0.717) is 24.5 Å². The summed E-state index contributed by atoms with van der Waals surface area (Å²) in [5.74, 6) is 0.761. The van der Waals surface area contributed by atoms with Gasteiger partial charge in [-0.25, -0.2) is 0 Å². The third kappa shape index (κ3) is 2.49. The van der Waals surface area contributed by atoms with Gasteiger partial charge >= 0.3 is 0 Å². The third-order valence-electron chi connectivity index (χ3n) is 1.90. The molecule has 0 amide bonds. The van der Waals surface area contributed by atoms with Crippen LogP contribution in [0.15, 0.2) is 18.2 Å². The van der Waals surface area contributed by atoms with Crippen molar-refractivity contribution in [3.63, 3.8) is 0 Å². The molecule has 1 aromatic carbocycles. The van der Waals surface area contributed by atoms with Crippen LogP contribution in [0.25, 0.3) is 0 Å². The predicted octanol–water partition coefficient (Wildman–Crippen LogP) is 1.80. The fourth-order valence-corrected chi connectivity index (χ4v) is 1.29. The number of carbonyl (C=O) groups is 1. The van der Waals surface area contributed by atoms with Gasteiger partial charge in [-0.05, 0) is 25.5 Å². The summed E-state index contributed by atoms with van der Waals surface area (Å²) in [7, 11) is 0. The number of nitrogens with two attached hydrogens (primary N) is 1. The van der Waals surface area contributed by atoms with Crippen LogP contribution in [0.2, 0.25) is 0 Å². The minimum atomic E-state index is 0.102. The SMILES string of the molecule is CCOc1cccc(CC(C)=O)c1N. The molecule has 0 heterocycles. The van der Waals surface area contributed by atoms with Crippen molar-refractivity contribution in [2.24, 2.45) is 0 Å². The average molecular weight is 193 g/mol. The molecule has 14 heavy (non-hydrogen) atoms. The lowest BCUT2D eigenvalue weighted by Crippen LogP contribution is -2.04. The van der Waals surface area contributed by atoms with Crippen LogP contribution in [0, 0.1) is 0 Å². The Balaban J connectivity index is 2.94. The van der Waals surface area contributed by atoms with E-state index in [1.807, 2.05) is 25.1 Å². The molecule has 0 saturated carbocycles. The Kier molecular flexibility index (Phi) is 3.51. The first kappa shape index (κ1) is 10.6. The molecule has 0 fully saturated rings. The lowest BCUT2D eigenvalue weighted by atomic mass is 10.1. The highest BCUT2D eigenvalue weighted by Gasteiger charge is 2.06. The zero-order valence-electron chi connectivity index (χ0n) is 8.54. The van der Waals surface area contributed by atoms with Crippen LogP contribution in [-0.4, -0.2) is 12.4 Å². The highest BCUT2D eigenvalue weighted by atomic mass is 16.5. The van der Waals surface area contributed by atoms with E-state index in [9.17, 15) is 4.79 Å². The average Bonchev–Trinajstić information content (AvgIpc) is 2.11. The summed E-state index contributed by atoms with van der Waals surface area (Å²) in [5.41, 5.74) is 7.25. The summed E-state index contributed by atoms with van der Waals surface area (Å²) in [6.45, 7) is 4.03. The van der Waals surface area contributed by atoms with E-state index in [1.165, 1.54) is 0 Å². The van der Waals surface area contributed by atoms with Crippen molar-refractivity contribution in [2.45, 2.75) is 20.3 Å². The minimum absolute atomic E-state index is 0.102. The van der Waals surface area contributed by atoms with Gasteiger partial charge in [0.1, 0.15) is 11.5 Å². The molecule has 0 atom stereocenters. The molecule has 0 radical (unpaired) electrons. The first-order valence-electron chi connectivity index (χ1n) is 4.64. The second-order valence-corrected chi connectivity index (χ2v) is 3.14. The van der Waals surface area contributed by atoms with Crippen molar-refractivity contribution < 1.29 is 9.53 Å². The van der Waals surface area contributed by atoms with Crippen molar-refractivity contribution in [1.29, 1.82) is 0 Å². The molecule has 0 aromatic heterocycles. The van der Waals surface area contributed by atoms with Gasteiger partial charge in [0.25, 0.3) is 0 Å². The van der Waals surface area contributed by atoms with Crippen LogP contribution in [0.5, 0.6) is 5.75 Å². The van der Waals surface area contributed by atoms with Gasteiger partial charge < -0.3 is 10.5 Å². The predicted molar refractivity (Wildman–Crippen MR) is 56.4 cm³/mol. The number of benzene rings is 1. The van der Waals surface area contributed by atoms with Crippen LogP contribution in [-0.2, 0) is 11.2 Å². The largest absolute Gasteiger partial charge is 0.492 e. The molecule has 0 unspecified atom stereocenters. The maximum absolute atomic E-state index is 10.9. The number of nitrogen functional groups attached to an aromatic ring is 1. The van der Waals surface area contributed by atoms with Gasteiger partial charge in [-0.1, -0.05) is 12.1 Å². The van der Waals surface area contributed by atoms with Crippen molar-refractivity contribution in [1.82, 2.24) is 0 Å². The summed E-state index contributed by atoms with van der Waals surface area (Å²) < 4.78 is 5.32. The molecule has 3 heteroatoms. The van der Waals surface area contributed by atoms with E-state index >= 15 is 0 Å². The molecule has 76 valence electrons. The molecule has 1 aromatic rings. The molecule has 0 bridgehead atoms. The van der Waals surface area contributed by atoms with Gasteiger partial charge in [0.15, 0.2) is 0 Å². The van der Waals surface area contributed by atoms with Crippen molar-refractivity contribution in [3.8, 4) is 5.75 Å². The molecule has 1 rings (SSSR count). The van der Waals surface area contributed by atoms with Crippen molar-refractivity contribution >= 4 is 11.5 Å². The zero-order chi connectivity index (χ0) is 10.6. The van der Waals surface area contributed by atoms with Crippen LogP contribution in [0.4, 0.5) is 5.69 Å². The van der Waals surface area contributed by atoms with Gasteiger partial charge in [-0.2, -0.15) is 0 Å². The Bertz CT molecular complexity index is 334. The molecule has 3 nitrogen and oxygen atoms in total. The van der Waals surface area contributed by atoms with Crippen LogP contribution >= 0.6 is 0 Å². The van der Waals surface area contributed by atoms with Gasteiger partial charge in [0.05, 0.1) is 12.3 Å². The summed E-state index contributed by atoms with van der Waals surface area (Å²) >= 11 is 0. The Hall–Kier alpha value is -1.51. The number of ketones is 1. The quantitative estimate of drug-likeness (QED) is 0.742. The number of hydrogen-bond acceptors (Lipinski definition) is 3. The highest BCUT2D eigenvalue weighted by Crippen LogP contribution is 2.25. The van der Waals surface area contributed by atoms with E-state index < -0.39 is 0 Å². The van der Waals surface area contributed by atoms with Crippen molar-refractivity contribution in [2.75, 3.05) is 12.3 Å². The maximum Gasteiger partial charge on any atom is 0.142 e. The van der Waals surface area contributed by atoms with E-state index in [1.54, 1.807) is 6.92 Å². The first-order valence-corrected chi connectivity index (χ1v) is 4.64. The van der Waals surface area contributed by atoms with Gasteiger partial charge in [0, 0.05) is 6.42 Å². The smallest absolute Gasteiger partial charge is 0.142 e. The van der Waals surface area contributed by atoms with E-state index in [4.69, 9.17) is 10.5 Å². The first-order chi connectivity index (χ1) is 6.65.